The van der Waals surface area contributed by atoms with E-state index in [1.54, 1.807) is 12.1 Å². The van der Waals surface area contributed by atoms with Crippen LogP contribution in [0.15, 0.2) is 48.5 Å². The van der Waals surface area contributed by atoms with Crippen LogP contribution >= 0.6 is 0 Å². The van der Waals surface area contributed by atoms with E-state index in [0.717, 1.165) is 24.0 Å². The molecule has 27 heavy (non-hydrogen) atoms. The van der Waals surface area contributed by atoms with Crippen LogP contribution in [0.4, 0.5) is 0 Å². The van der Waals surface area contributed by atoms with Crippen molar-refractivity contribution in [3.05, 3.63) is 70.8 Å². The summed E-state index contributed by atoms with van der Waals surface area (Å²) in [4.78, 5) is 27.4. The van der Waals surface area contributed by atoms with Crippen molar-refractivity contribution in [2.45, 2.75) is 30.3 Å². The number of nitriles is 1. The Labute approximate surface area is 157 Å². The van der Waals surface area contributed by atoms with Crippen LogP contribution in [-0.2, 0) is 20.5 Å². The van der Waals surface area contributed by atoms with Gasteiger partial charge in [-0.1, -0.05) is 30.3 Å². The van der Waals surface area contributed by atoms with Gasteiger partial charge in [-0.2, -0.15) is 5.26 Å². The first kappa shape index (κ1) is 16.1. The van der Waals surface area contributed by atoms with Crippen molar-refractivity contribution in [1.29, 1.82) is 5.26 Å². The van der Waals surface area contributed by atoms with Crippen LogP contribution in [0.3, 0.4) is 0 Å². The van der Waals surface area contributed by atoms with Crippen LogP contribution in [0.1, 0.15) is 46.3 Å². The van der Waals surface area contributed by atoms with Crippen molar-refractivity contribution >= 4 is 11.9 Å². The van der Waals surface area contributed by atoms with E-state index in [9.17, 15) is 9.59 Å². The third kappa shape index (κ3) is 2.23. The van der Waals surface area contributed by atoms with E-state index in [2.05, 4.69) is 6.07 Å². The normalized spacial score (nSPS) is 24.4. The molecule has 5 heteroatoms. The number of rotatable bonds is 2. The molecule has 1 aliphatic carbocycles. The van der Waals surface area contributed by atoms with Crippen molar-refractivity contribution in [2.24, 2.45) is 0 Å². The van der Waals surface area contributed by atoms with Crippen molar-refractivity contribution in [2.75, 3.05) is 13.1 Å². The Morgan fingerprint density at radius 3 is 2.70 bits per heavy atom. The number of amides is 1. The summed E-state index contributed by atoms with van der Waals surface area (Å²) in [5.41, 5.74) is 1.74. The lowest BCUT2D eigenvalue weighted by molar-refractivity contribution is -0.134. The van der Waals surface area contributed by atoms with Gasteiger partial charge < -0.3 is 9.64 Å². The van der Waals surface area contributed by atoms with Gasteiger partial charge in [-0.15, -0.1) is 0 Å². The summed E-state index contributed by atoms with van der Waals surface area (Å²) in [6.07, 6.45) is 2.21. The molecule has 134 valence electrons. The number of likely N-dealkylation sites (tertiary alicyclic amines) is 1. The predicted octanol–water partition coefficient (Wildman–Crippen LogP) is 2.89. The minimum Gasteiger partial charge on any atom is -0.449 e. The summed E-state index contributed by atoms with van der Waals surface area (Å²) in [6.45, 7) is 0.967. The molecule has 2 aromatic carbocycles. The Morgan fingerprint density at radius 2 is 1.93 bits per heavy atom. The summed E-state index contributed by atoms with van der Waals surface area (Å²) >= 11 is 0. The predicted molar refractivity (Wildman–Crippen MR) is 96.8 cm³/mol. The Kier molecular flexibility index (Phi) is 3.23. The second-order valence-electron chi connectivity index (χ2n) is 7.68. The van der Waals surface area contributed by atoms with Crippen LogP contribution in [0.2, 0.25) is 0 Å². The molecule has 2 fully saturated rings. The first-order chi connectivity index (χ1) is 13.1. The zero-order chi connectivity index (χ0) is 18.6. The van der Waals surface area contributed by atoms with Gasteiger partial charge in [0.15, 0.2) is 5.60 Å². The summed E-state index contributed by atoms with van der Waals surface area (Å²) < 4.78 is 5.76. The average Bonchev–Trinajstić information content (AvgIpc) is 3.34. The molecule has 2 aromatic rings. The van der Waals surface area contributed by atoms with Crippen LogP contribution in [0.25, 0.3) is 0 Å². The molecule has 3 aliphatic rings. The van der Waals surface area contributed by atoms with Crippen molar-refractivity contribution in [1.82, 2.24) is 4.90 Å². The molecule has 0 aromatic heterocycles. The lowest BCUT2D eigenvalue weighted by atomic mass is 9.91. The highest BCUT2D eigenvalue weighted by Gasteiger charge is 2.57. The van der Waals surface area contributed by atoms with Crippen molar-refractivity contribution in [3.8, 4) is 6.07 Å². The lowest BCUT2D eigenvalue weighted by Crippen LogP contribution is -2.40. The lowest BCUT2D eigenvalue weighted by Gasteiger charge is -2.27. The van der Waals surface area contributed by atoms with E-state index in [1.807, 2.05) is 41.3 Å². The van der Waals surface area contributed by atoms with Gasteiger partial charge in [0.2, 0.25) is 5.91 Å². The molecule has 1 unspecified atom stereocenters. The zero-order valence-electron chi connectivity index (χ0n) is 14.8. The Balaban J connectivity index is 1.44. The molecule has 5 rings (SSSR count). The molecule has 1 amide bonds. The topological polar surface area (TPSA) is 70.4 Å². The molecular formula is C22H18N2O3. The highest BCUT2D eigenvalue weighted by atomic mass is 16.6. The minimum atomic E-state index is -0.714. The van der Waals surface area contributed by atoms with Crippen LogP contribution in [0, 0.1) is 11.3 Å². The van der Waals surface area contributed by atoms with Gasteiger partial charge in [-0.05, 0) is 36.6 Å². The molecule has 2 aliphatic heterocycles. The maximum Gasteiger partial charge on any atom is 0.339 e. The molecule has 0 bridgehead atoms. The first-order valence-electron chi connectivity index (χ1n) is 9.21. The molecular weight excluding hydrogens is 340 g/mol. The summed E-state index contributed by atoms with van der Waals surface area (Å²) in [5, 5.41) is 9.16. The number of carbonyl (C=O) groups excluding carboxylic acids is 2. The van der Waals surface area contributed by atoms with Gasteiger partial charge in [0, 0.05) is 18.5 Å². The van der Waals surface area contributed by atoms with Gasteiger partial charge in [0.25, 0.3) is 0 Å². The number of fused-ring (bicyclic) bond motifs is 2. The number of nitrogens with zero attached hydrogens (tertiary/aromatic N) is 2. The largest absolute Gasteiger partial charge is 0.449 e. The Bertz CT molecular complexity index is 1020. The molecule has 1 spiro atoms. The molecule has 1 saturated heterocycles. The van der Waals surface area contributed by atoms with Gasteiger partial charge >= 0.3 is 5.97 Å². The molecule has 0 N–H and O–H groups in total. The third-order valence-corrected chi connectivity index (χ3v) is 6.15. The highest BCUT2D eigenvalue weighted by Crippen LogP contribution is 2.52. The number of ether oxygens (including phenoxy) is 1. The van der Waals surface area contributed by atoms with Gasteiger partial charge in [0.05, 0.1) is 29.2 Å². The van der Waals surface area contributed by atoms with E-state index in [4.69, 9.17) is 10.00 Å². The smallest absolute Gasteiger partial charge is 0.339 e. The number of hydrogen-bond acceptors (Lipinski definition) is 4. The van der Waals surface area contributed by atoms with Crippen molar-refractivity contribution < 1.29 is 14.3 Å². The fourth-order valence-corrected chi connectivity index (χ4v) is 4.54. The van der Waals surface area contributed by atoms with Crippen molar-refractivity contribution in [3.63, 3.8) is 0 Å². The third-order valence-electron chi connectivity index (χ3n) is 6.15. The zero-order valence-corrected chi connectivity index (χ0v) is 14.8. The Hall–Kier alpha value is -3.13. The van der Waals surface area contributed by atoms with Gasteiger partial charge in [-0.25, -0.2) is 4.79 Å². The highest BCUT2D eigenvalue weighted by molar-refractivity contribution is 5.96. The number of esters is 1. The fraction of sp³-hybridized carbons (Fsp3) is 0.318. The summed E-state index contributed by atoms with van der Waals surface area (Å²) in [5.74, 6) is -0.224. The second-order valence-corrected chi connectivity index (χ2v) is 7.68. The van der Waals surface area contributed by atoms with E-state index < -0.39 is 11.0 Å². The molecule has 0 radical (unpaired) electrons. The summed E-state index contributed by atoms with van der Waals surface area (Å²) in [7, 11) is 0. The van der Waals surface area contributed by atoms with E-state index in [1.165, 1.54) is 0 Å². The molecule has 1 atom stereocenters. The number of hydrogen-bond donors (Lipinski definition) is 0. The Morgan fingerprint density at radius 1 is 1.11 bits per heavy atom. The van der Waals surface area contributed by atoms with Gasteiger partial charge in [0.1, 0.15) is 0 Å². The maximum absolute atomic E-state index is 13.4. The average molecular weight is 358 g/mol. The first-order valence-corrected chi connectivity index (χ1v) is 9.21. The van der Waals surface area contributed by atoms with E-state index in [0.29, 0.717) is 30.6 Å². The maximum atomic E-state index is 13.4. The van der Waals surface area contributed by atoms with E-state index in [-0.39, 0.29) is 11.9 Å². The monoisotopic (exact) mass is 358 g/mol. The minimum absolute atomic E-state index is 0.0786. The van der Waals surface area contributed by atoms with Crippen LogP contribution < -0.4 is 0 Å². The molecule has 2 heterocycles. The standard InChI is InChI=1S/C22H18N2O3/c23-13-15-4-3-5-16(12-15)21(8-9-21)20(26)24-11-10-22(14-24)18-7-2-1-6-17(18)19(25)27-22/h1-7,12H,8-11,14H2. The fourth-order valence-electron chi connectivity index (χ4n) is 4.54. The van der Waals surface area contributed by atoms with E-state index >= 15 is 0 Å². The van der Waals surface area contributed by atoms with Gasteiger partial charge in [-0.3, -0.25) is 4.79 Å². The summed E-state index contributed by atoms with van der Waals surface area (Å²) in [6, 6.07) is 16.9. The SMILES string of the molecule is N#Cc1cccc(C2(C(=O)N3CCC4(C3)OC(=O)c3ccccc34)CC2)c1. The van der Waals surface area contributed by atoms with Crippen LogP contribution in [-0.4, -0.2) is 29.9 Å². The second kappa shape index (κ2) is 5.43. The number of benzene rings is 2. The quantitative estimate of drug-likeness (QED) is 0.774. The molecule has 1 saturated carbocycles. The number of carbonyl (C=O) groups is 2. The molecule has 5 nitrogen and oxygen atoms in total. The van der Waals surface area contributed by atoms with Crippen LogP contribution in [0.5, 0.6) is 0 Å².